The highest BCUT2D eigenvalue weighted by atomic mass is 127. The van der Waals surface area contributed by atoms with Crippen LogP contribution >= 0.6 is 22.6 Å². The standard InChI is InChI=1S/C7H16INO2S/c1-12(10,11)9-7-5-3-2-4-6-8/h9H,2-7H2,1H3. The van der Waals surface area contributed by atoms with Gasteiger partial charge in [-0.15, -0.1) is 0 Å². The number of hydrogen-bond donors (Lipinski definition) is 1. The molecular weight excluding hydrogens is 289 g/mol. The van der Waals surface area contributed by atoms with Crippen molar-refractivity contribution in [2.45, 2.75) is 25.7 Å². The number of halogens is 1. The molecule has 0 aliphatic heterocycles. The van der Waals surface area contributed by atoms with Crippen molar-refractivity contribution in [3.8, 4) is 0 Å². The molecule has 0 atom stereocenters. The summed E-state index contributed by atoms with van der Waals surface area (Å²) in [4.78, 5) is 0. The quantitative estimate of drug-likeness (QED) is 0.440. The summed E-state index contributed by atoms with van der Waals surface area (Å²) in [5.74, 6) is 0. The van der Waals surface area contributed by atoms with E-state index in [9.17, 15) is 8.42 Å². The molecule has 0 amide bonds. The molecule has 0 saturated heterocycles. The maximum Gasteiger partial charge on any atom is 0.208 e. The molecule has 0 aliphatic carbocycles. The highest BCUT2D eigenvalue weighted by Gasteiger charge is 1.97. The summed E-state index contributed by atoms with van der Waals surface area (Å²) in [6, 6.07) is 0. The van der Waals surface area contributed by atoms with Crippen LogP contribution in [0.1, 0.15) is 25.7 Å². The minimum absolute atomic E-state index is 0.583. The minimum atomic E-state index is -2.97. The van der Waals surface area contributed by atoms with E-state index >= 15 is 0 Å². The molecular formula is C7H16INO2S. The molecule has 0 fully saturated rings. The van der Waals surface area contributed by atoms with Gasteiger partial charge in [-0.3, -0.25) is 0 Å². The molecule has 3 nitrogen and oxygen atoms in total. The number of unbranched alkanes of at least 4 members (excludes halogenated alkanes) is 3. The van der Waals surface area contributed by atoms with Gasteiger partial charge in [0.05, 0.1) is 6.26 Å². The van der Waals surface area contributed by atoms with Gasteiger partial charge in [-0.2, -0.15) is 0 Å². The van der Waals surface area contributed by atoms with Crippen LogP contribution in [0.2, 0.25) is 0 Å². The van der Waals surface area contributed by atoms with E-state index in [0.717, 1.165) is 12.8 Å². The molecule has 74 valence electrons. The Bertz CT molecular complexity index is 192. The molecule has 0 radical (unpaired) electrons. The Balaban J connectivity index is 3.12. The Morgan fingerprint density at radius 3 is 2.25 bits per heavy atom. The molecule has 5 heteroatoms. The van der Waals surface area contributed by atoms with Crippen LogP contribution in [-0.2, 0) is 10.0 Å². The summed E-state index contributed by atoms with van der Waals surface area (Å²) >= 11 is 2.35. The topological polar surface area (TPSA) is 46.2 Å². The van der Waals surface area contributed by atoms with Crippen LogP contribution < -0.4 is 4.72 Å². The third-order valence-electron chi connectivity index (χ3n) is 1.42. The van der Waals surface area contributed by atoms with Gasteiger partial charge in [-0.05, 0) is 17.3 Å². The molecule has 0 aromatic rings. The summed E-state index contributed by atoms with van der Waals surface area (Å²) < 4.78 is 24.9. The van der Waals surface area contributed by atoms with Gasteiger partial charge in [0, 0.05) is 6.54 Å². The fraction of sp³-hybridized carbons (Fsp3) is 1.00. The second-order valence-corrected chi connectivity index (χ2v) is 5.68. The summed E-state index contributed by atoms with van der Waals surface area (Å²) in [5.41, 5.74) is 0. The maximum absolute atomic E-state index is 10.6. The molecule has 12 heavy (non-hydrogen) atoms. The minimum Gasteiger partial charge on any atom is -0.215 e. The van der Waals surface area contributed by atoms with Crippen molar-refractivity contribution < 1.29 is 8.42 Å². The summed E-state index contributed by atoms with van der Waals surface area (Å²) in [5, 5.41) is 0. The monoisotopic (exact) mass is 305 g/mol. The number of alkyl halides is 1. The number of nitrogens with one attached hydrogen (secondary N) is 1. The fourth-order valence-electron chi connectivity index (χ4n) is 0.831. The number of rotatable bonds is 7. The lowest BCUT2D eigenvalue weighted by atomic mass is 10.2. The Morgan fingerprint density at radius 1 is 1.17 bits per heavy atom. The average molecular weight is 305 g/mol. The van der Waals surface area contributed by atoms with Crippen molar-refractivity contribution in [2.75, 3.05) is 17.2 Å². The lowest BCUT2D eigenvalue weighted by Crippen LogP contribution is -2.22. The summed E-state index contributed by atoms with van der Waals surface area (Å²) in [7, 11) is -2.97. The van der Waals surface area contributed by atoms with E-state index in [-0.39, 0.29) is 0 Å². The van der Waals surface area contributed by atoms with E-state index < -0.39 is 10.0 Å². The second-order valence-electron chi connectivity index (χ2n) is 2.77. The highest BCUT2D eigenvalue weighted by Crippen LogP contribution is 2.01. The van der Waals surface area contributed by atoms with E-state index in [1.54, 1.807) is 0 Å². The first-order valence-electron chi connectivity index (χ1n) is 4.07. The van der Waals surface area contributed by atoms with Gasteiger partial charge < -0.3 is 0 Å². The molecule has 0 saturated carbocycles. The SMILES string of the molecule is CS(=O)(=O)NCCCCCCI. The van der Waals surface area contributed by atoms with Crippen molar-refractivity contribution in [1.82, 2.24) is 4.72 Å². The van der Waals surface area contributed by atoms with Crippen LogP contribution in [0.3, 0.4) is 0 Å². The molecule has 0 heterocycles. The smallest absolute Gasteiger partial charge is 0.208 e. The van der Waals surface area contributed by atoms with Crippen LogP contribution in [0.4, 0.5) is 0 Å². The maximum atomic E-state index is 10.6. The van der Waals surface area contributed by atoms with Crippen LogP contribution in [0.25, 0.3) is 0 Å². The summed E-state index contributed by atoms with van der Waals surface area (Å²) in [6.45, 7) is 0.583. The van der Waals surface area contributed by atoms with Crippen molar-refractivity contribution in [2.24, 2.45) is 0 Å². The Labute approximate surface area is 88.5 Å². The zero-order chi connectivity index (χ0) is 9.45. The highest BCUT2D eigenvalue weighted by molar-refractivity contribution is 14.1. The van der Waals surface area contributed by atoms with Crippen molar-refractivity contribution in [3.05, 3.63) is 0 Å². The molecule has 1 N–H and O–H groups in total. The molecule has 0 aliphatic rings. The van der Waals surface area contributed by atoms with Crippen molar-refractivity contribution >= 4 is 32.6 Å². The zero-order valence-corrected chi connectivity index (χ0v) is 10.3. The molecule has 0 rings (SSSR count). The van der Waals surface area contributed by atoms with E-state index in [0.29, 0.717) is 6.54 Å². The van der Waals surface area contributed by atoms with E-state index in [1.165, 1.54) is 23.5 Å². The molecule has 0 bridgehead atoms. The predicted molar refractivity (Wildman–Crippen MR) is 60.2 cm³/mol. The molecule has 0 spiro atoms. The van der Waals surface area contributed by atoms with Gasteiger partial charge in [0.1, 0.15) is 0 Å². The summed E-state index contributed by atoms with van der Waals surface area (Å²) in [6.07, 6.45) is 5.70. The largest absolute Gasteiger partial charge is 0.215 e. The van der Waals surface area contributed by atoms with Gasteiger partial charge >= 0.3 is 0 Å². The molecule has 0 aromatic carbocycles. The predicted octanol–water partition coefficient (Wildman–Crippen LogP) is 1.53. The first kappa shape index (κ1) is 12.6. The van der Waals surface area contributed by atoms with Gasteiger partial charge in [0.15, 0.2) is 0 Å². The number of sulfonamides is 1. The Morgan fingerprint density at radius 2 is 1.75 bits per heavy atom. The van der Waals surface area contributed by atoms with Crippen LogP contribution in [0, 0.1) is 0 Å². The van der Waals surface area contributed by atoms with E-state index in [4.69, 9.17) is 0 Å². The fourth-order valence-corrected chi connectivity index (χ4v) is 1.89. The van der Waals surface area contributed by atoms with Gasteiger partial charge in [0.2, 0.25) is 10.0 Å². The van der Waals surface area contributed by atoms with Crippen LogP contribution in [-0.4, -0.2) is 25.6 Å². The Kier molecular flexibility index (Phi) is 7.46. The zero-order valence-electron chi connectivity index (χ0n) is 7.35. The van der Waals surface area contributed by atoms with Gasteiger partial charge in [-0.1, -0.05) is 35.4 Å². The first-order valence-corrected chi connectivity index (χ1v) is 7.48. The molecule has 0 unspecified atom stereocenters. The second kappa shape index (κ2) is 7.08. The van der Waals surface area contributed by atoms with Crippen LogP contribution in [0.15, 0.2) is 0 Å². The van der Waals surface area contributed by atoms with Crippen molar-refractivity contribution in [3.63, 3.8) is 0 Å². The van der Waals surface area contributed by atoms with E-state index in [2.05, 4.69) is 27.3 Å². The van der Waals surface area contributed by atoms with E-state index in [1.807, 2.05) is 0 Å². The Hall–Kier alpha value is 0.640. The lowest BCUT2D eigenvalue weighted by molar-refractivity contribution is 0.580. The van der Waals surface area contributed by atoms with Gasteiger partial charge in [-0.25, -0.2) is 13.1 Å². The molecule has 0 aromatic heterocycles. The van der Waals surface area contributed by atoms with Crippen molar-refractivity contribution in [1.29, 1.82) is 0 Å². The van der Waals surface area contributed by atoms with Gasteiger partial charge in [0.25, 0.3) is 0 Å². The third-order valence-corrected chi connectivity index (χ3v) is 2.92. The number of hydrogen-bond acceptors (Lipinski definition) is 2. The average Bonchev–Trinajstić information content (AvgIpc) is 1.94. The van der Waals surface area contributed by atoms with Crippen LogP contribution in [0.5, 0.6) is 0 Å². The third kappa shape index (κ3) is 10.6. The normalized spacial score (nSPS) is 11.8. The lowest BCUT2D eigenvalue weighted by Gasteiger charge is -2.00. The first-order chi connectivity index (χ1) is 5.56.